The van der Waals surface area contributed by atoms with Crippen LogP contribution in [0.1, 0.15) is 21.6 Å². The average Bonchev–Trinajstić information content (AvgIpc) is 3.05. The van der Waals surface area contributed by atoms with Gasteiger partial charge in [0.1, 0.15) is 5.56 Å². The van der Waals surface area contributed by atoms with Crippen molar-refractivity contribution in [3.63, 3.8) is 0 Å². The summed E-state index contributed by atoms with van der Waals surface area (Å²) in [4.78, 5) is 15.6. The van der Waals surface area contributed by atoms with Crippen molar-refractivity contribution in [3.8, 4) is 16.4 Å². The summed E-state index contributed by atoms with van der Waals surface area (Å²) in [6.07, 6.45) is 1.35. The lowest BCUT2D eigenvalue weighted by Gasteiger charge is -2.01. The van der Waals surface area contributed by atoms with Crippen LogP contribution in [0.3, 0.4) is 0 Å². The maximum atomic E-state index is 11.1. The van der Waals surface area contributed by atoms with Crippen LogP contribution in [0.4, 0.5) is 0 Å². The first-order valence-corrected chi connectivity index (χ1v) is 7.25. The molecule has 0 saturated carbocycles. The topological polar surface area (TPSA) is 68.0 Å². The molecule has 106 valence electrons. The molecule has 0 saturated heterocycles. The van der Waals surface area contributed by atoms with Gasteiger partial charge in [0.05, 0.1) is 17.6 Å². The van der Waals surface area contributed by atoms with Gasteiger partial charge in [-0.25, -0.2) is 14.5 Å². The fourth-order valence-electron chi connectivity index (χ4n) is 2.16. The number of carboxylic acids is 1. The van der Waals surface area contributed by atoms with Gasteiger partial charge in [-0.3, -0.25) is 0 Å². The van der Waals surface area contributed by atoms with E-state index in [-0.39, 0.29) is 5.56 Å². The van der Waals surface area contributed by atoms with E-state index in [2.05, 4.69) is 10.1 Å². The average molecular weight is 299 g/mol. The summed E-state index contributed by atoms with van der Waals surface area (Å²) in [6.45, 7) is 3.77. The monoisotopic (exact) mass is 299 g/mol. The summed E-state index contributed by atoms with van der Waals surface area (Å²) >= 11 is 1.44. The molecule has 3 rings (SSSR count). The van der Waals surface area contributed by atoms with E-state index in [9.17, 15) is 4.79 Å². The minimum Gasteiger partial charge on any atom is -0.478 e. The first kappa shape index (κ1) is 13.5. The highest BCUT2D eigenvalue weighted by Gasteiger charge is 2.16. The van der Waals surface area contributed by atoms with Crippen molar-refractivity contribution in [2.24, 2.45) is 0 Å². The fraction of sp³-hybridized carbons (Fsp3) is 0.133. The number of carboxylic acid groups (broad SMARTS) is 1. The third-order valence-corrected chi connectivity index (χ3v) is 4.15. The Bertz CT molecular complexity index is 820. The van der Waals surface area contributed by atoms with Crippen LogP contribution < -0.4 is 0 Å². The molecule has 3 aromatic rings. The number of hydrogen-bond acceptors (Lipinski definition) is 4. The normalized spacial score (nSPS) is 10.8. The van der Waals surface area contributed by atoms with Crippen molar-refractivity contribution in [1.82, 2.24) is 14.8 Å². The van der Waals surface area contributed by atoms with Gasteiger partial charge in [0.25, 0.3) is 0 Å². The molecule has 6 heteroatoms. The maximum Gasteiger partial charge on any atom is 0.339 e. The summed E-state index contributed by atoms with van der Waals surface area (Å²) in [5, 5.41) is 15.8. The van der Waals surface area contributed by atoms with Gasteiger partial charge < -0.3 is 5.11 Å². The number of rotatable bonds is 3. The number of hydrogen-bond donors (Lipinski definition) is 1. The second-order valence-corrected chi connectivity index (χ2v) is 5.53. The van der Waals surface area contributed by atoms with Gasteiger partial charge in [-0.05, 0) is 19.4 Å². The van der Waals surface area contributed by atoms with Crippen molar-refractivity contribution >= 4 is 17.3 Å². The lowest BCUT2D eigenvalue weighted by Crippen LogP contribution is -2.02. The zero-order valence-electron chi connectivity index (χ0n) is 11.6. The molecule has 0 spiro atoms. The Hall–Kier alpha value is -2.47. The molecule has 0 aliphatic heterocycles. The number of benzene rings is 1. The van der Waals surface area contributed by atoms with E-state index in [0.29, 0.717) is 10.8 Å². The van der Waals surface area contributed by atoms with Crippen LogP contribution in [0, 0.1) is 13.8 Å². The van der Waals surface area contributed by atoms with Crippen LogP contribution >= 0.6 is 11.3 Å². The molecule has 5 nitrogen and oxygen atoms in total. The summed E-state index contributed by atoms with van der Waals surface area (Å²) in [5.41, 5.74) is 3.87. The molecule has 1 aromatic carbocycles. The Morgan fingerprint density at radius 3 is 2.71 bits per heavy atom. The van der Waals surface area contributed by atoms with Crippen LogP contribution in [-0.2, 0) is 0 Å². The van der Waals surface area contributed by atoms with Crippen LogP contribution in [0.15, 0.2) is 35.8 Å². The number of nitrogens with zero attached hydrogens (tertiary/aromatic N) is 3. The molecule has 21 heavy (non-hydrogen) atoms. The SMILES string of the molecule is Cc1ccccc1-c1csc(-n2ncc(C(=O)O)c2C)n1. The van der Waals surface area contributed by atoms with E-state index in [1.165, 1.54) is 17.5 Å². The van der Waals surface area contributed by atoms with Crippen molar-refractivity contribution in [3.05, 3.63) is 52.7 Å². The number of aromatic carboxylic acids is 1. The molecular weight excluding hydrogens is 286 g/mol. The third kappa shape index (κ3) is 2.34. The molecule has 0 unspecified atom stereocenters. The Morgan fingerprint density at radius 2 is 2.05 bits per heavy atom. The summed E-state index contributed by atoms with van der Waals surface area (Å²) < 4.78 is 1.57. The summed E-state index contributed by atoms with van der Waals surface area (Å²) in [7, 11) is 0. The quantitative estimate of drug-likeness (QED) is 0.805. The number of aromatic nitrogens is 3. The Morgan fingerprint density at radius 1 is 1.29 bits per heavy atom. The van der Waals surface area contributed by atoms with Gasteiger partial charge in [0.2, 0.25) is 5.13 Å². The minimum atomic E-state index is -0.977. The fourth-order valence-corrected chi connectivity index (χ4v) is 2.99. The number of carbonyl (C=O) groups is 1. The first-order chi connectivity index (χ1) is 10.1. The molecule has 1 N–H and O–H groups in total. The first-order valence-electron chi connectivity index (χ1n) is 6.37. The standard InChI is InChI=1S/C15H13N3O2S/c1-9-5-3-4-6-11(9)13-8-21-15(17-13)18-10(2)12(7-16-18)14(19)20/h3-8H,1-2H3,(H,19,20). The van der Waals surface area contributed by atoms with Crippen molar-refractivity contribution in [2.75, 3.05) is 0 Å². The number of aryl methyl sites for hydroxylation is 1. The lowest BCUT2D eigenvalue weighted by molar-refractivity contribution is 0.0696. The highest BCUT2D eigenvalue weighted by molar-refractivity contribution is 7.12. The lowest BCUT2D eigenvalue weighted by atomic mass is 10.1. The third-order valence-electron chi connectivity index (χ3n) is 3.33. The molecular formula is C15H13N3O2S. The molecule has 0 fully saturated rings. The molecule has 0 radical (unpaired) electrons. The number of thiazole rings is 1. The van der Waals surface area contributed by atoms with Crippen LogP contribution in [0.5, 0.6) is 0 Å². The van der Waals surface area contributed by atoms with Crippen LogP contribution in [-0.4, -0.2) is 25.8 Å². The molecule has 2 heterocycles. The van der Waals surface area contributed by atoms with Gasteiger partial charge in [0.15, 0.2) is 0 Å². The predicted octanol–water partition coefficient (Wildman–Crippen LogP) is 3.31. The second kappa shape index (κ2) is 5.14. The second-order valence-electron chi connectivity index (χ2n) is 4.69. The van der Waals surface area contributed by atoms with Gasteiger partial charge in [-0.2, -0.15) is 5.10 Å². The van der Waals surface area contributed by atoms with Gasteiger partial charge in [-0.15, -0.1) is 11.3 Å². The van der Waals surface area contributed by atoms with E-state index in [1.54, 1.807) is 11.6 Å². The van der Waals surface area contributed by atoms with E-state index in [0.717, 1.165) is 16.8 Å². The molecule has 2 aromatic heterocycles. The largest absolute Gasteiger partial charge is 0.478 e. The van der Waals surface area contributed by atoms with Gasteiger partial charge >= 0.3 is 5.97 Å². The Kier molecular flexibility index (Phi) is 3.31. The molecule has 0 aliphatic carbocycles. The Balaban J connectivity index is 2.03. The molecule has 0 amide bonds. The van der Waals surface area contributed by atoms with Gasteiger partial charge in [-0.1, -0.05) is 24.3 Å². The van der Waals surface area contributed by atoms with Crippen molar-refractivity contribution in [2.45, 2.75) is 13.8 Å². The van der Waals surface area contributed by atoms with E-state index in [4.69, 9.17) is 5.11 Å². The van der Waals surface area contributed by atoms with E-state index >= 15 is 0 Å². The van der Waals surface area contributed by atoms with Crippen molar-refractivity contribution in [1.29, 1.82) is 0 Å². The van der Waals surface area contributed by atoms with E-state index in [1.807, 2.05) is 36.6 Å². The summed E-state index contributed by atoms with van der Waals surface area (Å²) in [6, 6.07) is 8.02. The molecule has 0 aliphatic rings. The van der Waals surface area contributed by atoms with E-state index < -0.39 is 5.97 Å². The van der Waals surface area contributed by atoms with Crippen LogP contribution in [0.25, 0.3) is 16.4 Å². The smallest absolute Gasteiger partial charge is 0.339 e. The molecule has 0 bridgehead atoms. The molecule has 0 atom stereocenters. The maximum absolute atomic E-state index is 11.1. The Labute approximate surface area is 125 Å². The minimum absolute atomic E-state index is 0.197. The predicted molar refractivity (Wildman–Crippen MR) is 81.1 cm³/mol. The zero-order chi connectivity index (χ0) is 15.0. The highest BCUT2D eigenvalue weighted by Crippen LogP contribution is 2.27. The summed E-state index contributed by atoms with van der Waals surface area (Å²) in [5.74, 6) is -0.977. The van der Waals surface area contributed by atoms with Gasteiger partial charge in [0, 0.05) is 10.9 Å². The van der Waals surface area contributed by atoms with Crippen molar-refractivity contribution < 1.29 is 9.90 Å². The van der Waals surface area contributed by atoms with Crippen LogP contribution in [0.2, 0.25) is 0 Å². The highest BCUT2D eigenvalue weighted by atomic mass is 32.1. The zero-order valence-corrected chi connectivity index (χ0v) is 12.4.